The number of carbonyl (C=O) groups excluding carboxylic acids is 1. The number of aromatic nitrogens is 1. The smallest absolute Gasteiger partial charge is 0.273 e. The van der Waals surface area contributed by atoms with Crippen molar-refractivity contribution in [2.75, 3.05) is 25.9 Å². The third-order valence-electron chi connectivity index (χ3n) is 2.92. The SMILES string of the molecule is CN(CC1CCCO1)C(=O)c1nc(N)ccc1Cl. The summed E-state index contributed by atoms with van der Waals surface area (Å²) in [5.41, 5.74) is 5.76. The van der Waals surface area contributed by atoms with Crippen LogP contribution in [0.15, 0.2) is 12.1 Å². The van der Waals surface area contributed by atoms with E-state index in [9.17, 15) is 4.79 Å². The summed E-state index contributed by atoms with van der Waals surface area (Å²) in [6.07, 6.45) is 2.14. The second-order valence-electron chi connectivity index (χ2n) is 4.39. The summed E-state index contributed by atoms with van der Waals surface area (Å²) in [7, 11) is 1.71. The van der Waals surface area contributed by atoms with Crippen LogP contribution >= 0.6 is 11.6 Å². The first kappa shape index (κ1) is 13.1. The van der Waals surface area contributed by atoms with E-state index >= 15 is 0 Å². The minimum absolute atomic E-state index is 0.110. The molecule has 1 atom stereocenters. The van der Waals surface area contributed by atoms with Gasteiger partial charge in [0.05, 0.1) is 11.1 Å². The average Bonchev–Trinajstić information content (AvgIpc) is 2.84. The largest absolute Gasteiger partial charge is 0.384 e. The molecular weight excluding hydrogens is 254 g/mol. The molecule has 2 heterocycles. The van der Waals surface area contributed by atoms with Crippen molar-refractivity contribution < 1.29 is 9.53 Å². The summed E-state index contributed by atoms with van der Waals surface area (Å²) in [5, 5.41) is 0.313. The molecule has 1 unspecified atom stereocenters. The van der Waals surface area contributed by atoms with E-state index in [-0.39, 0.29) is 23.5 Å². The molecule has 0 saturated carbocycles. The van der Waals surface area contributed by atoms with Crippen LogP contribution in [0.4, 0.5) is 5.82 Å². The van der Waals surface area contributed by atoms with Gasteiger partial charge in [-0.25, -0.2) is 4.98 Å². The van der Waals surface area contributed by atoms with Crippen molar-refractivity contribution in [1.82, 2.24) is 9.88 Å². The van der Waals surface area contributed by atoms with Crippen molar-refractivity contribution in [2.24, 2.45) is 0 Å². The maximum Gasteiger partial charge on any atom is 0.273 e. The highest BCUT2D eigenvalue weighted by Crippen LogP contribution is 2.18. The van der Waals surface area contributed by atoms with E-state index in [1.54, 1.807) is 24.1 Å². The summed E-state index contributed by atoms with van der Waals surface area (Å²) >= 11 is 5.95. The molecule has 6 heteroatoms. The van der Waals surface area contributed by atoms with Crippen LogP contribution in [0.25, 0.3) is 0 Å². The molecule has 18 heavy (non-hydrogen) atoms. The van der Waals surface area contributed by atoms with Crippen molar-refractivity contribution >= 4 is 23.3 Å². The molecule has 2 rings (SSSR count). The van der Waals surface area contributed by atoms with Gasteiger partial charge < -0.3 is 15.4 Å². The molecule has 1 saturated heterocycles. The van der Waals surface area contributed by atoms with Gasteiger partial charge in [-0.3, -0.25) is 4.79 Å². The number of nitrogens with zero attached hydrogens (tertiary/aromatic N) is 2. The fourth-order valence-electron chi connectivity index (χ4n) is 1.96. The first-order valence-electron chi connectivity index (χ1n) is 5.87. The second kappa shape index (κ2) is 5.54. The minimum atomic E-state index is -0.234. The van der Waals surface area contributed by atoms with Gasteiger partial charge in [-0.05, 0) is 25.0 Å². The highest BCUT2D eigenvalue weighted by Gasteiger charge is 2.23. The van der Waals surface area contributed by atoms with Gasteiger partial charge >= 0.3 is 0 Å². The van der Waals surface area contributed by atoms with E-state index in [1.807, 2.05) is 0 Å². The number of anilines is 1. The highest BCUT2D eigenvalue weighted by atomic mass is 35.5. The lowest BCUT2D eigenvalue weighted by Crippen LogP contribution is -2.34. The lowest BCUT2D eigenvalue weighted by molar-refractivity contribution is 0.0583. The number of halogens is 1. The Morgan fingerprint density at radius 1 is 1.67 bits per heavy atom. The predicted octanol–water partition coefficient (Wildman–Crippen LogP) is 1.57. The molecule has 5 nitrogen and oxygen atoms in total. The topological polar surface area (TPSA) is 68.5 Å². The normalized spacial score (nSPS) is 18.9. The number of ether oxygens (including phenoxy) is 1. The van der Waals surface area contributed by atoms with Crippen LogP contribution < -0.4 is 5.73 Å². The van der Waals surface area contributed by atoms with Gasteiger partial charge in [-0.2, -0.15) is 0 Å². The van der Waals surface area contributed by atoms with Crippen LogP contribution in [0.5, 0.6) is 0 Å². The number of hydrogen-bond donors (Lipinski definition) is 1. The Morgan fingerprint density at radius 3 is 3.11 bits per heavy atom. The van der Waals surface area contributed by atoms with Crippen molar-refractivity contribution in [3.05, 3.63) is 22.8 Å². The van der Waals surface area contributed by atoms with Gasteiger partial charge in [0.2, 0.25) is 0 Å². The molecule has 2 N–H and O–H groups in total. The van der Waals surface area contributed by atoms with Gasteiger partial charge in [-0.15, -0.1) is 0 Å². The number of hydrogen-bond acceptors (Lipinski definition) is 4. The van der Waals surface area contributed by atoms with Crippen molar-refractivity contribution in [3.63, 3.8) is 0 Å². The van der Waals surface area contributed by atoms with E-state index in [0.717, 1.165) is 19.4 Å². The maximum absolute atomic E-state index is 12.2. The molecule has 1 aromatic rings. The average molecular weight is 270 g/mol. The van der Waals surface area contributed by atoms with Crippen molar-refractivity contribution in [1.29, 1.82) is 0 Å². The summed E-state index contributed by atoms with van der Waals surface area (Å²) in [6.45, 7) is 1.32. The lowest BCUT2D eigenvalue weighted by atomic mass is 10.2. The van der Waals surface area contributed by atoms with Gasteiger partial charge in [0, 0.05) is 20.2 Å². The molecule has 0 radical (unpaired) electrons. The second-order valence-corrected chi connectivity index (χ2v) is 4.79. The molecule has 1 aliphatic heterocycles. The Kier molecular flexibility index (Phi) is 4.04. The van der Waals surface area contributed by atoms with E-state index in [1.165, 1.54) is 0 Å². The third-order valence-corrected chi connectivity index (χ3v) is 3.22. The number of rotatable bonds is 3. The van der Waals surface area contributed by atoms with Crippen LogP contribution in [0.1, 0.15) is 23.3 Å². The summed E-state index contributed by atoms with van der Waals surface area (Å²) in [6, 6.07) is 3.15. The van der Waals surface area contributed by atoms with Gasteiger partial charge in [-0.1, -0.05) is 11.6 Å². The van der Waals surface area contributed by atoms with Gasteiger partial charge in [0.15, 0.2) is 0 Å². The van der Waals surface area contributed by atoms with Crippen LogP contribution in [0.3, 0.4) is 0 Å². The molecule has 1 fully saturated rings. The van der Waals surface area contributed by atoms with Crippen LogP contribution in [-0.4, -0.2) is 42.1 Å². The molecule has 98 valence electrons. The standard InChI is InChI=1S/C12H16ClN3O2/c1-16(7-8-3-2-6-18-8)12(17)11-9(13)4-5-10(14)15-11/h4-5,8H,2-3,6-7H2,1H3,(H2,14,15). The van der Waals surface area contributed by atoms with Crippen LogP contribution in [0, 0.1) is 0 Å². The Bertz CT molecular complexity index is 447. The molecule has 0 aliphatic carbocycles. The van der Waals surface area contributed by atoms with E-state index < -0.39 is 0 Å². The number of carbonyl (C=O) groups is 1. The molecule has 1 aromatic heterocycles. The number of likely N-dealkylation sites (N-methyl/N-ethyl adjacent to an activating group) is 1. The predicted molar refractivity (Wildman–Crippen MR) is 69.6 cm³/mol. The van der Waals surface area contributed by atoms with Crippen molar-refractivity contribution in [3.8, 4) is 0 Å². The van der Waals surface area contributed by atoms with E-state index in [4.69, 9.17) is 22.1 Å². The maximum atomic E-state index is 12.2. The first-order chi connectivity index (χ1) is 8.58. The fourth-order valence-corrected chi connectivity index (χ4v) is 2.15. The molecule has 0 aromatic carbocycles. The number of pyridine rings is 1. The molecule has 1 amide bonds. The lowest BCUT2D eigenvalue weighted by Gasteiger charge is -2.20. The fraction of sp³-hybridized carbons (Fsp3) is 0.500. The molecule has 0 spiro atoms. The zero-order valence-corrected chi connectivity index (χ0v) is 11.0. The van der Waals surface area contributed by atoms with Crippen LogP contribution in [0.2, 0.25) is 5.02 Å². The molecule has 0 bridgehead atoms. The number of nitrogen functional groups attached to an aromatic ring is 1. The molecular formula is C12H16ClN3O2. The van der Waals surface area contributed by atoms with Crippen LogP contribution in [-0.2, 0) is 4.74 Å². The van der Waals surface area contributed by atoms with Gasteiger partial charge in [0.25, 0.3) is 5.91 Å². The quantitative estimate of drug-likeness (QED) is 0.904. The summed E-state index contributed by atoms with van der Waals surface area (Å²) in [4.78, 5) is 17.7. The zero-order chi connectivity index (χ0) is 13.1. The monoisotopic (exact) mass is 269 g/mol. The number of nitrogens with two attached hydrogens (primary N) is 1. The van der Waals surface area contributed by atoms with Gasteiger partial charge in [0.1, 0.15) is 11.5 Å². The third kappa shape index (κ3) is 2.91. The highest BCUT2D eigenvalue weighted by molar-refractivity contribution is 6.33. The van der Waals surface area contributed by atoms with E-state index in [2.05, 4.69) is 4.98 Å². The Labute approximate surface area is 111 Å². The minimum Gasteiger partial charge on any atom is -0.384 e. The molecule has 1 aliphatic rings. The summed E-state index contributed by atoms with van der Waals surface area (Å²) in [5.74, 6) is 0.0519. The Balaban J connectivity index is 2.07. The number of amides is 1. The van der Waals surface area contributed by atoms with E-state index in [0.29, 0.717) is 11.6 Å². The van der Waals surface area contributed by atoms with Crippen molar-refractivity contribution in [2.45, 2.75) is 18.9 Å². The zero-order valence-electron chi connectivity index (χ0n) is 10.2. The summed E-state index contributed by atoms with van der Waals surface area (Å²) < 4.78 is 5.49. The first-order valence-corrected chi connectivity index (χ1v) is 6.25. The Morgan fingerprint density at radius 2 is 2.44 bits per heavy atom. The Hall–Kier alpha value is -1.33.